The molecule has 0 aromatic heterocycles. The van der Waals surface area contributed by atoms with E-state index in [1.807, 2.05) is 13.8 Å². The van der Waals surface area contributed by atoms with Gasteiger partial charge in [-0.2, -0.15) is 0 Å². The third-order valence-corrected chi connectivity index (χ3v) is 7.59. The van der Waals surface area contributed by atoms with Crippen LogP contribution in [0.4, 0.5) is 14.5 Å². The number of hydrogen-bond acceptors (Lipinski definition) is 3. The third-order valence-electron chi connectivity index (χ3n) is 3.96. The molecule has 2 aromatic carbocycles. The van der Waals surface area contributed by atoms with E-state index in [2.05, 4.69) is 12.8 Å². The summed E-state index contributed by atoms with van der Waals surface area (Å²) in [5.41, 5.74) is -0.149. The number of halogens is 3. The van der Waals surface area contributed by atoms with Crippen molar-refractivity contribution < 1.29 is 21.4 Å². The SMILES string of the molecule is C#C.CC.CN(C)S(=O)(=O)CCCCN(c1cc(F)ccc1F)S(=O)c1ccc(Cl)cc1. The van der Waals surface area contributed by atoms with Gasteiger partial charge in [0.25, 0.3) is 0 Å². The molecule has 2 aromatic rings. The molecule has 5 nitrogen and oxygen atoms in total. The van der Waals surface area contributed by atoms with Crippen molar-refractivity contribution in [1.82, 2.24) is 4.31 Å². The Kier molecular flexibility index (Phi) is 14.0. The minimum Gasteiger partial charge on any atom is -0.285 e. The second kappa shape index (κ2) is 15.0. The van der Waals surface area contributed by atoms with Gasteiger partial charge in [0.2, 0.25) is 10.0 Å². The molecule has 0 radical (unpaired) electrons. The average molecular weight is 507 g/mol. The molecule has 178 valence electrons. The Bertz CT molecular complexity index is 982. The van der Waals surface area contributed by atoms with Crippen LogP contribution in [0.1, 0.15) is 26.7 Å². The minimum absolute atomic E-state index is 0.0819. The van der Waals surface area contributed by atoms with Gasteiger partial charge in [0.15, 0.2) is 11.0 Å². The van der Waals surface area contributed by atoms with E-state index in [1.54, 1.807) is 24.3 Å². The van der Waals surface area contributed by atoms with Crippen LogP contribution >= 0.6 is 11.6 Å². The highest BCUT2D eigenvalue weighted by molar-refractivity contribution is 7.89. The van der Waals surface area contributed by atoms with E-state index in [9.17, 15) is 21.4 Å². The van der Waals surface area contributed by atoms with Gasteiger partial charge >= 0.3 is 0 Å². The molecule has 0 heterocycles. The molecule has 0 spiro atoms. The smallest absolute Gasteiger partial charge is 0.213 e. The normalized spacial score (nSPS) is 11.6. The largest absolute Gasteiger partial charge is 0.285 e. The summed E-state index contributed by atoms with van der Waals surface area (Å²) >= 11 is 5.85. The maximum Gasteiger partial charge on any atom is 0.213 e. The maximum atomic E-state index is 14.3. The first-order chi connectivity index (χ1) is 15.1. The molecule has 1 unspecified atom stereocenters. The lowest BCUT2D eigenvalue weighted by Crippen LogP contribution is -2.29. The first-order valence-electron chi connectivity index (χ1n) is 9.75. The van der Waals surface area contributed by atoms with Gasteiger partial charge < -0.3 is 0 Å². The van der Waals surface area contributed by atoms with E-state index in [4.69, 9.17) is 11.6 Å². The van der Waals surface area contributed by atoms with Gasteiger partial charge in [0.1, 0.15) is 11.6 Å². The summed E-state index contributed by atoms with van der Waals surface area (Å²) < 4.78 is 67.0. The van der Waals surface area contributed by atoms with E-state index in [-0.39, 0.29) is 24.4 Å². The van der Waals surface area contributed by atoms with Gasteiger partial charge in [-0.3, -0.25) is 4.31 Å². The summed E-state index contributed by atoms with van der Waals surface area (Å²) in [7, 11) is -2.30. The third kappa shape index (κ3) is 9.25. The highest BCUT2D eigenvalue weighted by Crippen LogP contribution is 2.26. The van der Waals surface area contributed by atoms with Crippen molar-refractivity contribution in [3.8, 4) is 12.8 Å². The van der Waals surface area contributed by atoms with Crippen LogP contribution in [0.2, 0.25) is 5.02 Å². The molecule has 0 aliphatic carbocycles. The van der Waals surface area contributed by atoms with Crippen LogP contribution in [-0.4, -0.2) is 43.3 Å². The average Bonchev–Trinajstić information content (AvgIpc) is 2.78. The fourth-order valence-corrected chi connectivity index (χ4v) is 4.67. The van der Waals surface area contributed by atoms with Gasteiger partial charge in [0.05, 0.1) is 16.3 Å². The molecular weight excluding hydrogens is 478 g/mol. The summed E-state index contributed by atoms with van der Waals surface area (Å²) in [6, 6.07) is 9.11. The predicted molar refractivity (Wildman–Crippen MR) is 130 cm³/mol. The summed E-state index contributed by atoms with van der Waals surface area (Å²) in [6.07, 6.45) is 8.61. The first-order valence-corrected chi connectivity index (χ1v) is 12.8. The van der Waals surface area contributed by atoms with Gasteiger partial charge in [-0.15, -0.1) is 12.8 Å². The van der Waals surface area contributed by atoms with Gasteiger partial charge in [-0.05, 0) is 49.2 Å². The van der Waals surface area contributed by atoms with Crippen molar-refractivity contribution in [3.05, 3.63) is 59.1 Å². The Morgan fingerprint density at radius 2 is 1.56 bits per heavy atom. The van der Waals surface area contributed by atoms with Crippen LogP contribution in [0.25, 0.3) is 0 Å². The summed E-state index contributed by atoms with van der Waals surface area (Å²) in [6.45, 7) is 4.08. The number of anilines is 1. The van der Waals surface area contributed by atoms with Crippen LogP contribution in [0.3, 0.4) is 0 Å². The molecule has 0 amide bonds. The predicted octanol–water partition coefficient (Wildman–Crippen LogP) is 5.09. The Labute approximate surface area is 198 Å². The molecule has 1 atom stereocenters. The van der Waals surface area contributed by atoms with E-state index < -0.39 is 32.6 Å². The molecule has 0 saturated heterocycles. The lowest BCUT2D eigenvalue weighted by atomic mass is 10.2. The van der Waals surface area contributed by atoms with Crippen LogP contribution in [-0.2, 0) is 21.0 Å². The fourth-order valence-electron chi connectivity index (χ4n) is 2.37. The van der Waals surface area contributed by atoms with Crippen LogP contribution < -0.4 is 4.31 Å². The van der Waals surface area contributed by atoms with E-state index in [0.29, 0.717) is 16.3 Å². The number of unbranched alkanes of at least 4 members (excludes halogenated alkanes) is 1. The molecule has 2 rings (SSSR count). The van der Waals surface area contributed by atoms with Crippen molar-refractivity contribution in [2.75, 3.05) is 30.7 Å². The number of hydrogen-bond donors (Lipinski definition) is 0. The minimum atomic E-state index is -3.36. The number of rotatable bonds is 9. The molecule has 10 heteroatoms. The summed E-state index contributed by atoms with van der Waals surface area (Å²) in [4.78, 5) is 0.369. The lowest BCUT2D eigenvalue weighted by molar-refractivity contribution is 0.517. The summed E-state index contributed by atoms with van der Waals surface area (Å²) in [5, 5.41) is 0.457. The second-order valence-electron chi connectivity index (χ2n) is 6.21. The quantitative estimate of drug-likeness (QED) is 0.351. The van der Waals surface area contributed by atoms with Crippen molar-refractivity contribution in [2.45, 2.75) is 31.6 Å². The monoisotopic (exact) mass is 506 g/mol. The van der Waals surface area contributed by atoms with Gasteiger partial charge in [0, 0.05) is 31.7 Å². The fraction of sp³-hybridized carbons (Fsp3) is 0.364. The molecule has 0 aliphatic rings. The van der Waals surface area contributed by atoms with Crippen molar-refractivity contribution in [3.63, 3.8) is 0 Å². The molecule has 0 aliphatic heterocycles. The van der Waals surface area contributed by atoms with E-state index in [1.165, 1.54) is 18.4 Å². The maximum absolute atomic E-state index is 14.3. The van der Waals surface area contributed by atoms with Gasteiger partial charge in [-0.1, -0.05) is 25.4 Å². The highest BCUT2D eigenvalue weighted by atomic mass is 35.5. The number of sulfonamides is 1. The topological polar surface area (TPSA) is 57.7 Å². The molecule has 0 N–H and O–H groups in total. The van der Waals surface area contributed by atoms with Crippen LogP contribution in [0.5, 0.6) is 0 Å². The Morgan fingerprint density at radius 1 is 1.00 bits per heavy atom. The standard InChI is InChI=1S/C18H21ClF2N2O3S2.C2H6.C2H2/c1-22(2)28(25,26)12-4-3-11-23(18-13-15(20)7-10-17(18)21)27(24)16-8-5-14(19)6-9-16;2*1-2/h5-10,13H,3-4,11-12H2,1-2H3;1-2H3;1-2H. The number of terminal acetylenes is 1. The Morgan fingerprint density at radius 3 is 2.09 bits per heavy atom. The van der Waals surface area contributed by atoms with E-state index in [0.717, 1.165) is 22.5 Å². The van der Waals surface area contributed by atoms with Gasteiger partial charge in [-0.25, -0.2) is 25.7 Å². The Hall–Kier alpha value is -1.99. The molecule has 0 bridgehead atoms. The zero-order valence-electron chi connectivity index (χ0n) is 18.6. The van der Waals surface area contributed by atoms with Crippen molar-refractivity contribution in [2.24, 2.45) is 0 Å². The van der Waals surface area contributed by atoms with Crippen LogP contribution in [0, 0.1) is 24.5 Å². The van der Waals surface area contributed by atoms with Crippen molar-refractivity contribution in [1.29, 1.82) is 0 Å². The molecule has 32 heavy (non-hydrogen) atoms. The van der Waals surface area contributed by atoms with E-state index >= 15 is 0 Å². The number of benzene rings is 2. The molecule has 0 fully saturated rings. The summed E-state index contributed by atoms with van der Waals surface area (Å²) in [5.74, 6) is -1.47. The second-order valence-corrected chi connectivity index (χ2v) is 10.4. The van der Waals surface area contributed by atoms with Crippen molar-refractivity contribution >= 4 is 38.3 Å². The zero-order chi connectivity index (χ0) is 24.9. The lowest BCUT2D eigenvalue weighted by Gasteiger charge is -2.24. The van der Waals surface area contributed by atoms with Crippen LogP contribution in [0.15, 0.2) is 47.4 Å². The zero-order valence-corrected chi connectivity index (χ0v) is 21.0. The first kappa shape index (κ1) is 30.0. The molecular formula is C22H29ClF2N2O3S2. The Balaban J connectivity index is 0.00000227. The highest BCUT2D eigenvalue weighted by Gasteiger charge is 2.21. The molecule has 0 saturated carbocycles. The number of nitrogens with zero attached hydrogens (tertiary/aromatic N) is 2.